The number of unbranched alkanes of at least 4 members (excludes halogenated alkanes) is 12. The van der Waals surface area contributed by atoms with Crippen LogP contribution in [-0.4, -0.2) is 11.5 Å². The topological polar surface area (TPSA) is 46.5 Å². The summed E-state index contributed by atoms with van der Waals surface area (Å²) in [6.07, 6.45) is 22.4. The van der Waals surface area contributed by atoms with E-state index in [0.29, 0.717) is 6.61 Å². The van der Waals surface area contributed by atoms with Crippen LogP contribution in [0.1, 0.15) is 99.7 Å². The van der Waals surface area contributed by atoms with Gasteiger partial charge in [-0.05, 0) is 32.1 Å². The Morgan fingerprint density at radius 2 is 1.21 bits per heavy atom. The molecule has 0 fully saturated rings. The molecule has 1 N–H and O–H groups in total. The monoisotopic (exact) mass is 379 g/mol. The smallest absolute Gasteiger partial charge is 1.00 e. The Hall–Kier alpha value is 1.76. The minimum absolute atomic E-state index is 0. The molecule has 0 heterocycles. The molecule has 1 unspecified atom stereocenters. The maximum atomic E-state index is 10.3. The van der Waals surface area contributed by atoms with E-state index in [4.69, 9.17) is 4.89 Å². The molecule has 1 atom stereocenters. The Kier molecular flexibility index (Phi) is 34.3. The Morgan fingerprint density at radius 3 is 1.67 bits per heavy atom. The third kappa shape index (κ3) is 28.6. The predicted molar refractivity (Wildman–Crippen MR) is 97.5 cm³/mol. The van der Waals surface area contributed by atoms with Gasteiger partial charge in [0.1, 0.15) is 6.61 Å². The van der Waals surface area contributed by atoms with Crippen molar-refractivity contribution in [2.45, 2.75) is 96.8 Å². The van der Waals surface area contributed by atoms with Gasteiger partial charge < -0.3 is 2.85 Å². The summed E-state index contributed by atoms with van der Waals surface area (Å²) < 4.78 is 14.9. The van der Waals surface area contributed by atoms with E-state index in [2.05, 4.69) is 23.6 Å². The second-order valence-corrected chi connectivity index (χ2v) is 6.74. The van der Waals surface area contributed by atoms with E-state index in [0.717, 1.165) is 12.8 Å². The van der Waals surface area contributed by atoms with E-state index in [1.54, 1.807) is 0 Å². The van der Waals surface area contributed by atoms with Crippen LogP contribution in [0.3, 0.4) is 0 Å². The van der Waals surface area contributed by atoms with E-state index in [9.17, 15) is 4.57 Å². The average molecular weight is 379 g/mol. The Bertz CT molecular complexity index is 287. The molecule has 134 valence electrons. The molecule has 0 saturated carbocycles. The molecule has 0 radical (unpaired) electrons. The van der Waals surface area contributed by atoms with Gasteiger partial charge in [-0.3, -0.25) is 0 Å². The summed E-state index contributed by atoms with van der Waals surface area (Å²) in [5.74, 6) is 0. The first-order valence-electron chi connectivity index (χ1n) is 9.21. The molecule has 3 nitrogen and oxygen atoms in total. The fourth-order valence-electron chi connectivity index (χ4n) is 2.49. The third-order valence-electron chi connectivity index (χ3n) is 3.86. The van der Waals surface area contributed by atoms with Crippen LogP contribution in [0.25, 0.3) is 0 Å². The fourth-order valence-corrected chi connectivity index (χ4v) is 2.78. The minimum atomic E-state index is -2.40. The maximum Gasteiger partial charge on any atom is 1.00 e. The summed E-state index contributed by atoms with van der Waals surface area (Å²) in [6, 6.07) is 0. The number of hydrogen-bond acceptors (Lipinski definition) is 2. The van der Waals surface area contributed by atoms with Crippen LogP contribution >= 0.6 is 8.25 Å². The van der Waals surface area contributed by atoms with E-state index in [-0.39, 0.29) is 62.0 Å². The molecule has 24 heavy (non-hydrogen) atoms. The number of rotatable bonds is 17. The molecule has 0 aromatic rings. The van der Waals surface area contributed by atoms with Gasteiger partial charge in [0.05, 0.1) is 0 Å². The maximum absolute atomic E-state index is 10.3. The molecule has 0 aromatic heterocycles. The number of hydrogen-bond donors (Lipinski definition) is 1. The minimum Gasteiger partial charge on any atom is -1.00 e. The van der Waals surface area contributed by atoms with E-state index >= 15 is 0 Å². The van der Waals surface area contributed by atoms with Gasteiger partial charge in [-0.1, -0.05) is 76.9 Å². The summed E-state index contributed by atoms with van der Waals surface area (Å²) in [5.41, 5.74) is 0. The molecule has 0 aliphatic heterocycles. The van der Waals surface area contributed by atoms with Crippen LogP contribution < -0.4 is 59.1 Å². The molecule has 6 heteroatoms. The van der Waals surface area contributed by atoms with Crippen molar-refractivity contribution < 1.29 is 76.0 Å². The normalized spacial score (nSPS) is 11.2. The van der Waals surface area contributed by atoms with Crippen LogP contribution in [0.2, 0.25) is 0 Å². The summed E-state index contributed by atoms with van der Waals surface area (Å²) in [5, 5.41) is 0. The second kappa shape index (κ2) is 27.0. The van der Waals surface area contributed by atoms with Crippen molar-refractivity contribution in [1.82, 2.24) is 0 Å². The summed E-state index contributed by atoms with van der Waals surface area (Å²) in [6.45, 7) is 2.67. The fraction of sp³-hybridized carbons (Fsp3) is 0.889. The second-order valence-electron chi connectivity index (χ2n) is 6.01. The van der Waals surface area contributed by atoms with Crippen molar-refractivity contribution >= 4 is 8.25 Å². The zero-order valence-corrected chi connectivity index (χ0v) is 21.4. The van der Waals surface area contributed by atoms with E-state index < -0.39 is 8.25 Å². The van der Waals surface area contributed by atoms with Crippen molar-refractivity contribution in [2.75, 3.05) is 6.61 Å². The van der Waals surface area contributed by atoms with E-state index in [1.165, 1.54) is 77.0 Å². The molecular weight excluding hydrogens is 341 g/mol. The van der Waals surface area contributed by atoms with E-state index in [1.807, 2.05) is 0 Å². The SMILES string of the molecule is CCCCCCCC/C=C\CCCCCCCCO[P+](=O)O.[H-].[H-].[Na+].[Na+]. The van der Waals surface area contributed by atoms with Crippen LogP contribution in [-0.2, 0) is 9.09 Å². The Balaban J connectivity index is -0.000000367. The molecule has 0 aromatic carbocycles. The summed E-state index contributed by atoms with van der Waals surface area (Å²) >= 11 is 0. The predicted octanol–water partition coefficient (Wildman–Crippen LogP) is 0.923. The number of allylic oxidation sites excluding steroid dienone is 2. The molecule has 0 rings (SSSR count). The largest absolute Gasteiger partial charge is 1.00 e. The van der Waals surface area contributed by atoms with Gasteiger partial charge >= 0.3 is 67.4 Å². The van der Waals surface area contributed by atoms with Gasteiger partial charge in [-0.15, -0.1) is 9.42 Å². The van der Waals surface area contributed by atoms with Gasteiger partial charge in [-0.25, -0.2) is 0 Å². The van der Waals surface area contributed by atoms with Crippen LogP contribution in [0, 0.1) is 0 Å². The van der Waals surface area contributed by atoms with Gasteiger partial charge in [0.15, 0.2) is 0 Å². The summed E-state index contributed by atoms with van der Waals surface area (Å²) in [7, 11) is -2.40. The van der Waals surface area contributed by atoms with Crippen molar-refractivity contribution in [3.63, 3.8) is 0 Å². The molecular formula is C18H38Na2O3P+. The van der Waals surface area contributed by atoms with Gasteiger partial charge in [0.25, 0.3) is 0 Å². The molecule has 0 aliphatic carbocycles. The molecule has 0 bridgehead atoms. The zero-order valence-electron chi connectivity index (χ0n) is 18.5. The Labute approximate surface area is 198 Å². The molecule has 0 spiro atoms. The van der Waals surface area contributed by atoms with Gasteiger partial charge in [-0.2, -0.15) is 0 Å². The molecule has 0 amide bonds. The average Bonchev–Trinajstić information content (AvgIpc) is 2.50. The van der Waals surface area contributed by atoms with Gasteiger partial charge in [0, 0.05) is 4.57 Å². The van der Waals surface area contributed by atoms with Crippen molar-refractivity contribution in [3.05, 3.63) is 12.2 Å². The van der Waals surface area contributed by atoms with Crippen LogP contribution in [0.15, 0.2) is 12.2 Å². The summed E-state index contributed by atoms with van der Waals surface area (Å²) in [4.78, 5) is 8.46. The molecule has 0 aliphatic rings. The first-order valence-corrected chi connectivity index (χ1v) is 10.3. The Morgan fingerprint density at radius 1 is 0.792 bits per heavy atom. The third-order valence-corrected chi connectivity index (χ3v) is 4.26. The van der Waals surface area contributed by atoms with Crippen molar-refractivity contribution in [2.24, 2.45) is 0 Å². The first kappa shape index (κ1) is 30.5. The van der Waals surface area contributed by atoms with Crippen molar-refractivity contribution in [1.29, 1.82) is 0 Å². The quantitative estimate of drug-likeness (QED) is 0.177. The zero-order chi connectivity index (χ0) is 16.3. The van der Waals surface area contributed by atoms with Crippen LogP contribution in [0.4, 0.5) is 0 Å². The molecule has 0 saturated heterocycles. The van der Waals surface area contributed by atoms with Crippen LogP contribution in [0.5, 0.6) is 0 Å². The van der Waals surface area contributed by atoms with Crippen molar-refractivity contribution in [3.8, 4) is 0 Å². The standard InChI is InChI=1S/C18H35O3P.2Na.2H/c1-2-3-4-5-6-7-8-9-10-11-12-13-14-15-16-17-18-21-22(19)20;;;;/h9-10H,2-8,11-18H2,1H3;;;;/q;2*+1;2*-1/p+1/b10-9-;;;;. The van der Waals surface area contributed by atoms with Gasteiger partial charge in [0.2, 0.25) is 0 Å². The first-order chi connectivity index (χ1) is 10.8.